The third-order valence-corrected chi connectivity index (χ3v) is 3.56. The second kappa shape index (κ2) is 6.10. The van der Waals surface area contributed by atoms with Gasteiger partial charge in [0.25, 0.3) is 0 Å². The number of aliphatic hydroxyl groups is 1. The summed E-state index contributed by atoms with van der Waals surface area (Å²) in [6.07, 6.45) is -1.85. The Bertz CT molecular complexity index is 457. The van der Waals surface area contributed by atoms with Crippen LogP contribution < -0.4 is 5.32 Å². The maximum atomic E-state index is 13.6. The molecule has 1 fully saturated rings. The summed E-state index contributed by atoms with van der Waals surface area (Å²) < 4.78 is 51.3. The molecule has 2 rings (SSSR count). The Labute approximate surface area is 114 Å². The summed E-state index contributed by atoms with van der Waals surface area (Å²) in [5.74, 6) is -0.208. The van der Waals surface area contributed by atoms with Crippen molar-refractivity contribution in [3.63, 3.8) is 0 Å². The Kier molecular flexibility index (Phi) is 4.65. The number of alkyl halides is 3. The van der Waals surface area contributed by atoms with E-state index in [9.17, 15) is 17.6 Å². The molecule has 1 saturated carbocycles. The van der Waals surface area contributed by atoms with Crippen LogP contribution >= 0.6 is 0 Å². The molecule has 0 aliphatic heterocycles. The number of halogens is 4. The second-order valence-corrected chi connectivity index (χ2v) is 5.14. The Hall–Kier alpha value is -1.14. The van der Waals surface area contributed by atoms with Crippen LogP contribution in [0.25, 0.3) is 0 Å². The SMILES string of the molecule is OCCC(NCc1cc(C(F)(F)F)ccc1F)C1CC1. The highest BCUT2D eigenvalue weighted by Gasteiger charge is 2.32. The van der Waals surface area contributed by atoms with Crippen LogP contribution in [0.15, 0.2) is 18.2 Å². The van der Waals surface area contributed by atoms with Crippen LogP contribution in [0.3, 0.4) is 0 Å². The first-order chi connectivity index (χ1) is 9.41. The molecule has 6 heteroatoms. The van der Waals surface area contributed by atoms with E-state index >= 15 is 0 Å². The molecule has 0 heterocycles. The van der Waals surface area contributed by atoms with E-state index in [-0.39, 0.29) is 24.8 Å². The lowest BCUT2D eigenvalue weighted by Crippen LogP contribution is -2.32. The fourth-order valence-corrected chi connectivity index (χ4v) is 2.27. The van der Waals surface area contributed by atoms with Crippen LogP contribution in [0, 0.1) is 11.7 Å². The minimum atomic E-state index is -4.47. The van der Waals surface area contributed by atoms with Crippen LogP contribution in [0.5, 0.6) is 0 Å². The van der Waals surface area contributed by atoms with Gasteiger partial charge in [-0.2, -0.15) is 13.2 Å². The van der Waals surface area contributed by atoms with E-state index in [1.807, 2.05) is 0 Å². The molecule has 1 aromatic carbocycles. The first kappa shape index (κ1) is 15.3. The minimum Gasteiger partial charge on any atom is -0.396 e. The van der Waals surface area contributed by atoms with Gasteiger partial charge >= 0.3 is 6.18 Å². The number of hydrogen-bond acceptors (Lipinski definition) is 2. The van der Waals surface area contributed by atoms with E-state index in [1.54, 1.807) is 0 Å². The first-order valence-corrected chi connectivity index (χ1v) is 6.61. The molecule has 2 nitrogen and oxygen atoms in total. The summed E-state index contributed by atoms with van der Waals surface area (Å²) in [4.78, 5) is 0. The van der Waals surface area contributed by atoms with Crippen molar-refractivity contribution in [1.29, 1.82) is 0 Å². The predicted molar refractivity (Wildman–Crippen MR) is 66.5 cm³/mol. The Morgan fingerprint density at radius 1 is 1.30 bits per heavy atom. The van der Waals surface area contributed by atoms with E-state index < -0.39 is 17.6 Å². The van der Waals surface area contributed by atoms with E-state index in [0.717, 1.165) is 31.0 Å². The van der Waals surface area contributed by atoms with E-state index in [1.165, 1.54) is 0 Å². The Morgan fingerprint density at radius 3 is 2.55 bits per heavy atom. The molecule has 20 heavy (non-hydrogen) atoms. The Balaban J connectivity index is 2.04. The normalized spacial score (nSPS) is 17.2. The van der Waals surface area contributed by atoms with E-state index in [0.29, 0.717) is 12.3 Å². The van der Waals surface area contributed by atoms with Gasteiger partial charge in [-0.3, -0.25) is 0 Å². The quantitative estimate of drug-likeness (QED) is 0.789. The second-order valence-electron chi connectivity index (χ2n) is 5.14. The summed E-state index contributed by atoms with van der Waals surface area (Å²) in [6, 6.07) is 2.46. The van der Waals surface area contributed by atoms with Gasteiger partial charge in [0.15, 0.2) is 0 Å². The topological polar surface area (TPSA) is 32.3 Å². The molecule has 1 aliphatic carbocycles. The van der Waals surface area contributed by atoms with Gasteiger partial charge in [-0.25, -0.2) is 4.39 Å². The van der Waals surface area contributed by atoms with Crippen molar-refractivity contribution < 1.29 is 22.7 Å². The molecular formula is C14H17F4NO. The monoisotopic (exact) mass is 291 g/mol. The van der Waals surface area contributed by atoms with Crippen LogP contribution in [0.1, 0.15) is 30.4 Å². The number of aliphatic hydroxyl groups excluding tert-OH is 1. The fraction of sp³-hybridized carbons (Fsp3) is 0.571. The summed E-state index contributed by atoms with van der Waals surface area (Å²) in [7, 11) is 0. The Morgan fingerprint density at radius 2 is 2.00 bits per heavy atom. The average Bonchev–Trinajstić information content (AvgIpc) is 3.19. The zero-order valence-electron chi connectivity index (χ0n) is 10.9. The summed E-state index contributed by atoms with van der Waals surface area (Å²) >= 11 is 0. The largest absolute Gasteiger partial charge is 0.416 e. The number of hydrogen-bond donors (Lipinski definition) is 2. The van der Waals surface area contributed by atoms with Gasteiger partial charge in [0.05, 0.1) is 5.56 Å². The van der Waals surface area contributed by atoms with Crippen molar-refractivity contribution in [3.05, 3.63) is 35.1 Å². The molecule has 0 spiro atoms. The average molecular weight is 291 g/mol. The summed E-state index contributed by atoms with van der Waals surface area (Å²) in [5.41, 5.74) is -0.843. The first-order valence-electron chi connectivity index (χ1n) is 6.61. The molecule has 0 radical (unpaired) electrons. The number of rotatable bonds is 6. The van der Waals surface area contributed by atoms with Crippen LogP contribution in [-0.4, -0.2) is 17.8 Å². The molecule has 0 amide bonds. The van der Waals surface area contributed by atoms with Gasteiger partial charge < -0.3 is 10.4 Å². The zero-order valence-corrected chi connectivity index (χ0v) is 10.9. The number of benzene rings is 1. The predicted octanol–water partition coefficient (Wildman–Crippen LogP) is 3.10. The van der Waals surface area contributed by atoms with E-state index in [2.05, 4.69) is 5.32 Å². The molecule has 0 aromatic heterocycles. The van der Waals surface area contributed by atoms with Crippen LogP contribution in [-0.2, 0) is 12.7 Å². The van der Waals surface area contributed by atoms with Crippen molar-refractivity contribution in [1.82, 2.24) is 5.32 Å². The molecule has 1 unspecified atom stereocenters. The molecule has 1 aromatic rings. The van der Waals surface area contributed by atoms with Gasteiger partial charge in [0.1, 0.15) is 5.82 Å². The van der Waals surface area contributed by atoms with E-state index in [4.69, 9.17) is 5.11 Å². The van der Waals surface area contributed by atoms with Gasteiger partial charge in [0, 0.05) is 24.8 Å². The summed E-state index contributed by atoms with van der Waals surface area (Å²) in [6.45, 7) is 0.0517. The molecule has 112 valence electrons. The van der Waals surface area contributed by atoms with Crippen LogP contribution in [0.4, 0.5) is 17.6 Å². The van der Waals surface area contributed by atoms with Crippen molar-refractivity contribution in [2.24, 2.45) is 5.92 Å². The highest BCUT2D eigenvalue weighted by Crippen LogP contribution is 2.34. The third-order valence-electron chi connectivity index (χ3n) is 3.56. The molecule has 1 aliphatic rings. The lowest BCUT2D eigenvalue weighted by molar-refractivity contribution is -0.137. The summed E-state index contributed by atoms with van der Waals surface area (Å²) in [5, 5.41) is 12.0. The molecule has 0 bridgehead atoms. The highest BCUT2D eigenvalue weighted by molar-refractivity contribution is 5.27. The highest BCUT2D eigenvalue weighted by atomic mass is 19.4. The van der Waals surface area contributed by atoms with Gasteiger partial charge in [0.2, 0.25) is 0 Å². The van der Waals surface area contributed by atoms with Gasteiger partial charge in [-0.05, 0) is 43.4 Å². The maximum Gasteiger partial charge on any atom is 0.416 e. The van der Waals surface area contributed by atoms with Crippen molar-refractivity contribution in [2.45, 2.75) is 38.0 Å². The number of nitrogens with one attached hydrogen (secondary N) is 1. The standard InChI is InChI=1S/C14H17F4NO/c15-12-4-3-11(14(16,17)18)7-10(12)8-19-13(5-6-20)9-1-2-9/h3-4,7,9,13,19-20H,1-2,5-6,8H2. The zero-order chi connectivity index (χ0) is 14.8. The molecule has 1 atom stereocenters. The third kappa shape index (κ3) is 3.93. The fourth-order valence-electron chi connectivity index (χ4n) is 2.27. The lowest BCUT2D eigenvalue weighted by Gasteiger charge is -2.18. The lowest BCUT2D eigenvalue weighted by atomic mass is 10.1. The molecule has 2 N–H and O–H groups in total. The van der Waals surface area contributed by atoms with Crippen molar-refractivity contribution in [3.8, 4) is 0 Å². The van der Waals surface area contributed by atoms with Crippen molar-refractivity contribution in [2.75, 3.05) is 6.61 Å². The minimum absolute atomic E-state index is 0.00316. The van der Waals surface area contributed by atoms with Crippen molar-refractivity contribution >= 4 is 0 Å². The molecule has 0 saturated heterocycles. The smallest absolute Gasteiger partial charge is 0.396 e. The van der Waals surface area contributed by atoms with Gasteiger partial charge in [-0.15, -0.1) is 0 Å². The van der Waals surface area contributed by atoms with Crippen LogP contribution in [0.2, 0.25) is 0 Å². The van der Waals surface area contributed by atoms with Gasteiger partial charge in [-0.1, -0.05) is 0 Å². The maximum absolute atomic E-state index is 13.6. The molecular weight excluding hydrogens is 274 g/mol.